The predicted octanol–water partition coefficient (Wildman–Crippen LogP) is 4.35. The second-order valence-electron chi connectivity index (χ2n) is 6.82. The fraction of sp³-hybridized carbons (Fsp3) is 0.263. The van der Waals surface area contributed by atoms with Crippen molar-refractivity contribution in [3.05, 3.63) is 75.4 Å². The molecule has 0 amide bonds. The van der Waals surface area contributed by atoms with Gasteiger partial charge in [-0.05, 0) is 52.8 Å². The molecule has 3 rings (SSSR count). The van der Waals surface area contributed by atoms with Crippen LogP contribution in [0.1, 0.15) is 31.9 Å². The SMILES string of the molecule is CC(C)(C)c1cc(Cl)c(-c2ncccn2)cc1CSn1ncccc1=O. The molecule has 7 heteroatoms. The maximum absolute atomic E-state index is 11.9. The molecule has 0 saturated heterocycles. The van der Waals surface area contributed by atoms with E-state index in [2.05, 4.69) is 35.8 Å². The summed E-state index contributed by atoms with van der Waals surface area (Å²) in [5.41, 5.74) is 2.75. The van der Waals surface area contributed by atoms with Crippen molar-refractivity contribution in [2.75, 3.05) is 0 Å². The van der Waals surface area contributed by atoms with Gasteiger partial charge in [-0.25, -0.2) is 9.97 Å². The number of rotatable bonds is 4. The Kier molecular flexibility index (Phi) is 5.44. The van der Waals surface area contributed by atoms with Crippen molar-refractivity contribution in [1.82, 2.24) is 19.2 Å². The summed E-state index contributed by atoms with van der Waals surface area (Å²) in [6.07, 6.45) is 4.99. The van der Waals surface area contributed by atoms with Crippen molar-refractivity contribution in [3.63, 3.8) is 0 Å². The number of nitrogens with zero attached hydrogens (tertiary/aromatic N) is 4. The Morgan fingerprint density at radius 2 is 1.85 bits per heavy atom. The van der Waals surface area contributed by atoms with E-state index in [-0.39, 0.29) is 11.0 Å². The Hall–Kier alpha value is -2.18. The molecule has 0 N–H and O–H groups in total. The topological polar surface area (TPSA) is 60.7 Å². The normalized spacial score (nSPS) is 11.5. The Balaban J connectivity index is 2.03. The first-order valence-electron chi connectivity index (χ1n) is 8.14. The minimum absolute atomic E-state index is 0.0926. The Labute approximate surface area is 161 Å². The third kappa shape index (κ3) is 4.14. The predicted molar refractivity (Wildman–Crippen MR) is 106 cm³/mol. The molecule has 0 saturated carbocycles. The van der Waals surface area contributed by atoms with E-state index >= 15 is 0 Å². The average molecular weight is 387 g/mol. The van der Waals surface area contributed by atoms with Gasteiger partial charge in [0.25, 0.3) is 5.56 Å². The highest BCUT2D eigenvalue weighted by atomic mass is 35.5. The molecule has 5 nitrogen and oxygen atoms in total. The molecule has 1 aromatic carbocycles. The average Bonchev–Trinajstić information content (AvgIpc) is 2.61. The van der Waals surface area contributed by atoms with E-state index in [1.165, 1.54) is 22.1 Å². The fourth-order valence-corrected chi connectivity index (χ4v) is 3.68. The van der Waals surface area contributed by atoms with Crippen molar-refractivity contribution in [2.45, 2.75) is 31.9 Å². The third-order valence-corrected chi connectivity index (χ3v) is 5.11. The zero-order valence-corrected chi connectivity index (χ0v) is 16.4. The summed E-state index contributed by atoms with van der Waals surface area (Å²) < 4.78 is 1.39. The first kappa shape index (κ1) is 18.6. The zero-order valence-electron chi connectivity index (χ0n) is 14.8. The lowest BCUT2D eigenvalue weighted by atomic mass is 9.83. The van der Waals surface area contributed by atoms with E-state index in [0.717, 1.165) is 16.7 Å². The van der Waals surface area contributed by atoms with Crippen molar-refractivity contribution in [3.8, 4) is 11.4 Å². The number of halogens is 1. The smallest absolute Gasteiger partial charge is 0.267 e. The van der Waals surface area contributed by atoms with Crippen LogP contribution in [0.15, 0.2) is 53.7 Å². The third-order valence-electron chi connectivity index (χ3n) is 3.83. The van der Waals surface area contributed by atoms with Gasteiger partial charge in [-0.15, -0.1) is 0 Å². The maximum Gasteiger partial charge on any atom is 0.277 e. The second-order valence-corrected chi connectivity index (χ2v) is 8.12. The van der Waals surface area contributed by atoms with E-state index in [1.54, 1.807) is 30.7 Å². The number of benzene rings is 1. The number of aromatic nitrogens is 4. The van der Waals surface area contributed by atoms with Gasteiger partial charge in [-0.2, -0.15) is 9.19 Å². The molecule has 0 radical (unpaired) electrons. The van der Waals surface area contributed by atoms with Gasteiger partial charge in [-0.1, -0.05) is 32.4 Å². The molecule has 2 aromatic heterocycles. The summed E-state index contributed by atoms with van der Waals surface area (Å²) >= 11 is 7.88. The summed E-state index contributed by atoms with van der Waals surface area (Å²) in [6.45, 7) is 6.41. The van der Waals surface area contributed by atoms with Gasteiger partial charge in [-0.3, -0.25) is 4.79 Å². The van der Waals surface area contributed by atoms with E-state index in [0.29, 0.717) is 16.6 Å². The van der Waals surface area contributed by atoms with E-state index < -0.39 is 0 Å². The molecule has 134 valence electrons. The van der Waals surface area contributed by atoms with Crippen LogP contribution in [0.4, 0.5) is 0 Å². The highest BCUT2D eigenvalue weighted by Crippen LogP contribution is 2.36. The number of hydrogen-bond donors (Lipinski definition) is 0. The molecular formula is C19H19ClN4OS. The number of hydrogen-bond acceptors (Lipinski definition) is 5. The standard InChI is InChI=1S/C19H19ClN4OS/c1-19(2,3)15-11-16(20)14(18-21-7-5-8-22-18)10-13(15)12-26-24-17(25)6-4-9-23-24/h4-11H,12H2,1-3H3. The van der Waals surface area contributed by atoms with Gasteiger partial charge < -0.3 is 0 Å². The van der Waals surface area contributed by atoms with Crippen LogP contribution >= 0.6 is 23.5 Å². The molecule has 0 fully saturated rings. The van der Waals surface area contributed by atoms with Gasteiger partial charge in [0, 0.05) is 36.0 Å². The highest BCUT2D eigenvalue weighted by Gasteiger charge is 2.21. The van der Waals surface area contributed by atoms with Crippen molar-refractivity contribution in [2.24, 2.45) is 0 Å². The van der Waals surface area contributed by atoms with Crippen LogP contribution in [0, 0.1) is 0 Å². The van der Waals surface area contributed by atoms with Gasteiger partial charge in [0.05, 0.1) is 5.02 Å². The van der Waals surface area contributed by atoms with Crippen LogP contribution in [0.5, 0.6) is 0 Å². The van der Waals surface area contributed by atoms with Crippen molar-refractivity contribution >= 4 is 23.5 Å². The van der Waals surface area contributed by atoms with E-state index in [9.17, 15) is 4.79 Å². The molecule has 2 heterocycles. The van der Waals surface area contributed by atoms with E-state index in [1.807, 2.05) is 12.1 Å². The van der Waals surface area contributed by atoms with Crippen LogP contribution in [0.3, 0.4) is 0 Å². The fourth-order valence-electron chi connectivity index (χ4n) is 2.62. The molecule has 0 unspecified atom stereocenters. The first-order valence-corrected chi connectivity index (χ1v) is 9.46. The Morgan fingerprint density at radius 3 is 2.50 bits per heavy atom. The molecule has 0 aliphatic rings. The van der Waals surface area contributed by atoms with Crippen molar-refractivity contribution in [1.29, 1.82) is 0 Å². The molecule has 0 bridgehead atoms. The van der Waals surface area contributed by atoms with Gasteiger partial charge in [0.15, 0.2) is 5.82 Å². The van der Waals surface area contributed by atoms with Gasteiger partial charge in [0.2, 0.25) is 0 Å². The molecule has 26 heavy (non-hydrogen) atoms. The summed E-state index contributed by atoms with van der Waals surface area (Å²) in [7, 11) is 0. The molecule has 0 atom stereocenters. The monoisotopic (exact) mass is 386 g/mol. The van der Waals surface area contributed by atoms with Crippen LogP contribution in [0.2, 0.25) is 5.02 Å². The Morgan fingerprint density at radius 1 is 1.12 bits per heavy atom. The van der Waals surface area contributed by atoms with E-state index in [4.69, 9.17) is 11.6 Å². The summed E-state index contributed by atoms with van der Waals surface area (Å²) in [5.74, 6) is 1.17. The van der Waals surface area contributed by atoms with Gasteiger partial charge >= 0.3 is 0 Å². The largest absolute Gasteiger partial charge is 0.277 e. The summed E-state index contributed by atoms with van der Waals surface area (Å²) in [6, 6.07) is 8.89. The highest BCUT2D eigenvalue weighted by molar-refractivity contribution is 7.96. The lowest BCUT2D eigenvalue weighted by molar-refractivity contribution is 0.585. The summed E-state index contributed by atoms with van der Waals surface area (Å²) in [5, 5.41) is 4.72. The second kappa shape index (κ2) is 7.60. The molecule has 3 aromatic rings. The quantitative estimate of drug-likeness (QED) is 0.667. The lowest BCUT2D eigenvalue weighted by Gasteiger charge is -2.24. The van der Waals surface area contributed by atoms with Crippen LogP contribution in [-0.4, -0.2) is 19.2 Å². The molecular weight excluding hydrogens is 368 g/mol. The van der Waals surface area contributed by atoms with Crippen LogP contribution in [-0.2, 0) is 11.2 Å². The minimum atomic E-state index is -0.143. The van der Waals surface area contributed by atoms with Crippen LogP contribution < -0.4 is 5.56 Å². The van der Waals surface area contributed by atoms with Crippen molar-refractivity contribution < 1.29 is 0 Å². The Bertz CT molecular complexity index is 967. The maximum atomic E-state index is 11.9. The lowest BCUT2D eigenvalue weighted by Crippen LogP contribution is -2.17. The molecule has 0 aliphatic carbocycles. The molecule has 0 aliphatic heterocycles. The van der Waals surface area contributed by atoms with Crippen LogP contribution in [0.25, 0.3) is 11.4 Å². The molecule has 0 spiro atoms. The van der Waals surface area contributed by atoms with Gasteiger partial charge in [0.1, 0.15) is 0 Å². The zero-order chi connectivity index (χ0) is 18.7. The minimum Gasteiger partial charge on any atom is -0.267 e. The first-order chi connectivity index (χ1) is 12.4. The summed E-state index contributed by atoms with van der Waals surface area (Å²) in [4.78, 5) is 20.5.